The third-order valence-corrected chi connectivity index (χ3v) is 3.81. The van der Waals surface area contributed by atoms with Crippen LogP contribution in [0.15, 0.2) is 18.3 Å². The monoisotopic (exact) mass is 237 g/mol. The lowest BCUT2D eigenvalue weighted by molar-refractivity contribution is 0.174. The van der Waals surface area contributed by atoms with Crippen LogP contribution in [0.4, 0.5) is 5.82 Å². The average Bonchev–Trinajstić information content (AvgIpc) is 2.31. The second-order valence-electron chi connectivity index (χ2n) is 4.62. The topological polar surface area (TPSA) is 19.4 Å². The molecule has 2 unspecified atom stereocenters. The first-order valence-electron chi connectivity index (χ1n) is 5.93. The van der Waals surface area contributed by atoms with Gasteiger partial charge in [0, 0.05) is 31.9 Å². The number of rotatable bonds is 1. The van der Waals surface area contributed by atoms with E-state index in [4.69, 9.17) is 11.6 Å². The highest BCUT2D eigenvalue weighted by molar-refractivity contribution is 6.30. The molecule has 1 aromatic heterocycles. The van der Waals surface area contributed by atoms with E-state index >= 15 is 0 Å². The molecule has 0 spiro atoms. The highest BCUT2D eigenvalue weighted by Gasteiger charge is 2.30. The molecule has 86 valence electrons. The minimum absolute atomic E-state index is 0.649. The Kier molecular flexibility index (Phi) is 2.74. The van der Waals surface area contributed by atoms with Crippen molar-refractivity contribution in [1.29, 1.82) is 0 Å². The largest absolute Gasteiger partial charge is 0.351 e. The van der Waals surface area contributed by atoms with Crippen LogP contribution in [0.3, 0.4) is 0 Å². The van der Waals surface area contributed by atoms with Crippen molar-refractivity contribution in [3.8, 4) is 0 Å². The first-order chi connectivity index (χ1) is 7.83. The van der Waals surface area contributed by atoms with Gasteiger partial charge in [0.25, 0.3) is 0 Å². The van der Waals surface area contributed by atoms with Crippen LogP contribution in [-0.2, 0) is 0 Å². The van der Waals surface area contributed by atoms with E-state index < -0.39 is 0 Å². The third kappa shape index (κ3) is 1.89. The molecule has 3 rings (SSSR count). The van der Waals surface area contributed by atoms with Crippen LogP contribution in [0, 0.1) is 0 Å². The van der Waals surface area contributed by atoms with Crippen LogP contribution in [-0.4, -0.2) is 42.1 Å². The van der Waals surface area contributed by atoms with Gasteiger partial charge in [-0.05, 0) is 31.5 Å². The fourth-order valence-corrected chi connectivity index (χ4v) is 2.87. The molecule has 0 amide bonds. The molecule has 0 radical (unpaired) electrons. The summed E-state index contributed by atoms with van der Waals surface area (Å²) in [6, 6.07) is 4.61. The minimum atomic E-state index is 0.649. The molecule has 0 saturated carbocycles. The van der Waals surface area contributed by atoms with Gasteiger partial charge in [0.15, 0.2) is 0 Å². The lowest BCUT2D eigenvalue weighted by Crippen LogP contribution is -2.56. The number of pyridine rings is 1. The van der Waals surface area contributed by atoms with Gasteiger partial charge in [0.2, 0.25) is 0 Å². The van der Waals surface area contributed by atoms with Gasteiger partial charge in [-0.2, -0.15) is 0 Å². The van der Waals surface area contributed by atoms with Gasteiger partial charge in [-0.15, -0.1) is 0 Å². The predicted molar refractivity (Wildman–Crippen MR) is 66.1 cm³/mol. The summed E-state index contributed by atoms with van der Waals surface area (Å²) < 4.78 is 0. The molecule has 2 aliphatic heterocycles. The van der Waals surface area contributed by atoms with Crippen molar-refractivity contribution in [2.45, 2.75) is 18.9 Å². The van der Waals surface area contributed by atoms with E-state index in [0.717, 1.165) is 12.4 Å². The van der Waals surface area contributed by atoms with Crippen molar-refractivity contribution in [3.05, 3.63) is 23.4 Å². The van der Waals surface area contributed by atoms with Gasteiger partial charge < -0.3 is 4.90 Å². The van der Waals surface area contributed by atoms with Crippen LogP contribution >= 0.6 is 11.6 Å². The molecule has 2 bridgehead atoms. The molecule has 2 aliphatic rings. The summed E-state index contributed by atoms with van der Waals surface area (Å²) >= 11 is 5.87. The van der Waals surface area contributed by atoms with E-state index in [1.54, 1.807) is 6.20 Å². The maximum absolute atomic E-state index is 5.87. The van der Waals surface area contributed by atoms with Crippen LogP contribution in [0.2, 0.25) is 5.02 Å². The standard InChI is InChI=1S/C12H16ClN3/c13-10-3-4-12(14-8-10)16-7-6-15-5-1-2-11(16)9-15/h3-4,8,11H,1-2,5-7,9H2. The maximum Gasteiger partial charge on any atom is 0.128 e. The number of fused-ring (bicyclic) bond motifs is 2. The van der Waals surface area contributed by atoms with Crippen molar-refractivity contribution in [2.24, 2.45) is 0 Å². The number of aromatic nitrogens is 1. The van der Waals surface area contributed by atoms with E-state index in [1.807, 2.05) is 12.1 Å². The molecule has 2 saturated heterocycles. The highest BCUT2D eigenvalue weighted by atomic mass is 35.5. The molecule has 0 aromatic carbocycles. The van der Waals surface area contributed by atoms with Crippen molar-refractivity contribution in [2.75, 3.05) is 31.1 Å². The van der Waals surface area contributed by atoms with Gasteiger partial charge >= 0.3 is 0 Å². The summed E-state index contributed by atoms with van der Waals surface area (Å²) in [7, 11) is 0. The van der Waals surface area contributed by atoms with Crippen molar-refractivity contribution in [1.82, 2.24) is 9.88 Å². The molecule has 0 aliphatic carbocycles. The summed E-state index contributed by atoms with van der Waals surface area (Å²) in [5.74, 6) is 1.08. The molecule has 3 nitrogen and oxygen atoms in total. The zero-order chi connectivity index (χ0) is 11.0. The summed E-state index contributed by atoms with van der Waals surface area (Å²) in [6.07, 6.45) is 4.35. The van der Waals surface area contributed by atoms with Crippen molar-refractivity contribution >= 4 is 17.4 Å². The first kappa shape index (κ1) is 10.4. The van der Waals surface area contributed by atoms with Crippen LogP contribution in [0.25, 0.3) is 0 Å². The number of hydrogen-bond donors (Lipinski definition) is 0. The molecule has 3 heterocycles. The van der Waals surface area contributed by atoms with E-state index in [2.05, 4.69) is 14.8 Å². The summed E-state index contributed by atoms with van der Waals surface area (Å²) in [6.45, 7) is 4.74. The zero-order valence-corrected chi connectivity index (χ0v) is 10.0. The van der Waals surface area contributed by atoms with E-state index in [-0.39, 0.29) is 0 Å². The lowest BCUT2D eigenvalue weighted by Gasteiger charge is -2.45. The zero-order valence-electron chi connectivity index (χ0n) is 9.27. The van der Waals surface area contributed by atoms with Crippen LogP contribution in [0.1, 0.15) is 12.8 Å². The number of piperazine rings is 1. The van der Waals surface area contributed by atoms with Gasteiger partial charge in [-0.1, -0.05) is 11.6 Å². The first-order valence-corrected chi connectivity index (χ1v) is 6.31. The van der Waals surface area contributed by atoms with E-state index in [9.17, 15) is 0 Å². The molecular weight excluding hydrogens is 222 g/mol. The average molecular weight is 238 g/mol. The Morgan fingerprint density at radius 2 is 2.19 bits per heavy atom. The summed E-state index contributed by atoms with van der Waals surface area (Å²) in [5.41, 5.74) is 0. The van der Waals surface area contributed by atoms with E-state index in [0.29, 0.717) is 11.1 Å². The van der Waals surface area contributed by atoms with Crippen LogP contribution < -0.4 is 4.90 Å². The van der Waals surface area contributed by atoms with Crippen LogP contribution in [0.5, 0.6) is 0 Å². The molecular formula is C12H16ClN3. The van der Waals surface area contributed by atoms with Gasteiger partial charge in [-0.3, -0.25) is 4.90 Å². The van der Waals surface area contributed by atoms with Gasteiger partial charge in [0.1, 0.15) is 5.82 Å². The maximum atomic E-state index is 5.87. The van der Waals surface area contributed by atoms with Gasteiger partial charge in [-0.25, -0.2) is 4.98 Å². The van der Waals surface area contributed by atoms with E-state index in [1.165, 1.54) is 32.5 Å². The second kappa shape index (κ2) is 4.22. The normalized spacial score (nSPS) is 29.2. The van der Waals surface area contributed by atoms with Crippen molar-refractivity contribution < 1.29 is 0 Å². The lowest BCUT2D eigenvalue weighted by atomic mass is 10.0. The third-order valence-electron chi connectivity index (χ3n) is 3.58. The Morgan fingerprint density at radius 3 is 3.00 bits per heavy atom. The van der Waals surface area contributed by atoms with Gasteiger partial charge in [0.05, 0.1) is 5.02 Å². The fourth-order valence-electron chi connectivity index (χ4n) is 2.76. The Bertz CT molecular complexity index is 365. The predicted octanol–water partition coefficient (Wildman–Crippen LogP) is 2.02. The smallest absolute Gasteiger partial charge is 0.128 e. The molecule has 16 heavy (non-hydrogen) atoms. The number of anilines is 1. The Morgan fingerprint density at radius 1 is 1.25 bits per heavy atom. The Labute approximate surface area is 101 Å². The quantitative estimate of drug-likeness (QED) is 0.745. The molecule has 1 aromatic rings. The molecule has 0 N–H and O–H groups in total. The summed E-state index contributed by atoms with van der Waals surface area (Å²) in [4.78, 5) is 9.42. The molecule has 4 heteroatoms. The fraction of sp³-hybridized carbons (Fsp3) is 0.583. The summed E-state index contributed by atoms with van der Waals surface area (Å²) in [5, 5.41) is 0.714. The highest BCUT2D eigenvalue weighted by Crippen LogP contribution is 2.25. The second-order valence-corrected chi connectivity index (χ2v) is 5.06. The Hall–Kier alpha value is -0.800. The number of halogens is 1. The molecule has 2 atom stereocenters. The van der Waals surface area contributed by atoms with Crippen molar-refractivity contribution in [3.63, 3.8) is 0 Å². The number of piperidine rings is 1. The SMILES string of the molecule is Clc1ccc(N2CCN3CCCC2C3)nc1. The minimum Gasteiger partial charge on any atom is -0.351 e. The number of nitrogens with zero attached hydrogens (tertiary/aromatic N) is 3. The Balaban J connectivity index is 1.81. The molecule has 2 fully saturated rings. The number of hydrogen-bond acceptors (Lipinski definition) is 3.